The molecule has 0 radical (unpaired) electrons. The van der Waals surface area contributed by atoms with Gasteiger partial charge in [0.1, 0.15) is 0 Å². The van der Waals surface area contributed by atoms with Gasteiger partial charge in [-0.15, -0.1) is 0 Å². The van der Waals surface area contributed by atoms with Crippen LogP contribution in [-0.2, 0) is 28.9 Å². The maximum Gasteiger partial charge on any atom is 0.566 e. The van der Waals surface area contributed by atoms with Crippen molar-refractivity contribution in [2.75, 3.05) is 0 Å². The van der Waals surface area contributed by atoms with Crippen LogP contribution in [0, 0.1) is 0 Å². The smallest absolute Gasteiger partial charge is 0.447 e. The highest BCUT2D eigenvalue weighted by Crippen LogP contribution is 2.37. The van der Waals surface area contributed by atoms with Gasteiger partial charge in [-0.2, -0.15) is 18.1 Å². The van der Waals surface area contributed by atoms with Crippen LogP contribution in [0.4, 0.5) is 9.59 Å². The number of hydrogen-bond acceptors (Lipinski definition) is 8. The summed E-state index contributed by atoms with van der Waals surface area (Å²) in [5.74, 6) is -0.635. The number of Topliss-reactive ketones (excluding diaryl/α,β-unsaturated/α-hetero) is 1. The molecule has 0 heterocycles. The van der Waals surface area contributed by atoms with E-state index < -0.39 is 33.0 Å². The monoisotopic (exact) mass is 310 g/mol. The van der Waals surface area contributed by atoms with Gasteiger partial charge >= 0.3 is 22.4 Å². The molecule has 0 bridgehead atoms. The number of hydrogen-bond donors (Lipinski definition) is 1. The van der Waals surface area contributed by atoms with E-state index in [1.165, 1.54) is 0 Å². The third kappa shape index (κ3) is 3.38. The molecule has 1 rings (SSSR count). The highest BCUT2D eigenvalue weighted by Gasteiger charge is 2.51. The van der Waals surface area contributed by atoms with Crippen LogP contribution in [0.1, 0.15) is 39.0 Å². The van der Waals surface area contributed by atoms with E-state index in [2.05, 4.69) is 14.0 Å². The zero-order chi connectivity index (χ0) is 15.4. The first-order valence-electron chi connectivity index (χ1n) is 5.78. The van der Waals surface area contributed by atoms with Crippen molar-refractivity contribution in [3.63, 3.8) is 0 Å². The lowest BCUT2D eigenvalue weighted by molar-refractivity contribution is -0.205. The number of carbonyl (C=O) groups is 3. The summed E-state index contributed by atoms with van der Waals surface area (Å²) < 4.78 is 26.4. The quantitative estimate of drug-likeness (QED) is 0.466. The molecular formula is C10H14O9S. The Balaban J connectivity index is 2.87. The van der Waals surface area contributed by atoms with Crippen molar-refractivity contribution in [2.24, 2.45) is 0 Å². The van der Waals surface area contributed by atoms with E-state index in [1.54, 1.807) is 0 Å². The molecule has 20 heavy (non-hydrogen) atoms. The van der Waals surface area contributed by atoms with Gasteiger partial charge < -0.3 is 9.29 Å². The average Bonchev–Trinajstić information content (AvgIpc) is 2.36. The van der Waals surface area contributed by atoms with Crippen molar-refractivity contribution in [1.82, 2.24) is 0 Å². The Hall–Kier alpha value is -1.84. The number of carbonyl (C=O) groups excluding carboxylic acids is 2. The molecule has 0 aromatic rings. The van der Waals surface area contributed by atoms with Crippen molar-refractivity contribution in [3.8, 4) is 0 Å². The normalized spacial score (nSPS) is 17.9. The van der Waals surface area contributed by atoms with Gasteiger partial charge in [0.15, 0.2) is 10.5 Å². The molecule has 9 nitrogen and oxygen atoms in total. The first-order chi connectivity index (χ1) is 9.21. The summed E-state index contributed by atoms with van der Waals surface area (Å²) in [4.78, 5) is 39.7. The molecule has 0 spiro atoms. The summed E-state index contributed by atoms with van der Waals surface area (Å²) in [7, 11) is -4.59. The molecule has 0 aromatic heterocycles. The summed E-state index contributed by atoms with van der Waals surface area (Å²) >= 11 is 0. The Bertz CT molecular complexity index is 501. The minimum absolute atomic E-state index is 0.0394. The van der Waals surface area contributed by atoms with Gasteiger partial charge in [-0.1, -0.05) is 19.3 Å². The second-order valence-corrected chi connectivity index (χ2v) is 6.19. The SMILES string of the molecule is CC(=O)C1(S(=O)(=O)OC(=O)OOC(=O)O)CCCCC1. The topological polar surface area (TPSA) is 133 Å². The van der Waals surface area contributed by atoms with E-state index in [0.717, 1.165) is 13.3 Å². The van der Waals surface area contributed by atoms with Crippen LogP contribution in [0.2, 0.25) is 0 Å². The molecule has 1 N–H and O–H groups in total. The van der Waals surface area contributed by atoms with Crippen LogP contribution >= 0.6 is 0 Å². The van der Waals surface area contributed by atoms with E-state index in [-0.39, 0.29) is 12.8 Å². The van der Waals surface area contributed by atoms with Crippen LogP contribution < -0.4 is 0 Å². The van der Waals surface area contributed by atoms with Crippen molar-refractivity contribution >= 4 is 28.2 Å². The molecule has 0 unspecified atom stereocenters. The van der Waals surface area contributed by atoms with E-state index >= 15 is 0 Å². The fraction of sp³-hybridized carbons (Fsp3) is 0.700. The van der Waals surface area contributed by atoms with Gasteiger partial charge in [-0.05, 0) is 19.8 Å². The summed E-state index contributed by atoms with van der Waals surface area (Å²) in [5.41, 5.74) is 0. The molecule has 0 saturated heterocycles. The first kappa shape index (κ1) is 16.2. The van der Waals surface area contributed by atoms with E-state index in [0.29, 0.717) is 12.8 Å². The summed E-state index contributed by atoms with van der Waals surface area (Å²) in [6, 6.07) is 0. The van der Waals surface area contributed by atoms with Crippen molar-refractivity contribution < 1.29 is 41.9 Å². The van der Waals surface area contributed by atoms with E-state index in [4.69, 9.17) is 5.11 Å². The third-order valence-corrected chi connectivity index (χ3v) is 5.15. The number of ketones is 1. The molecular weight excluding hydrogens is 296 g/mol. The average molecular weight is 310 g/mol. The highest BCUT2D eigenvalue weighted by molar-refractivity contribution is 7.89. The minimum Gasteiger partial charge on any atom is -0.447 e. The fourth-order valence-electron chi connectivity index (χ4n) is 2.15. The van der Waals surface area contributed by atoms with Crippen molar-refractivity contribution in [1.29, 1.82) is 0 Å². The van der Waals surface area contributed by atoms with Crippen molar-refractivity contribution in [3.05, 3.63) is 0 Å². The molecule has 0 amide bonds. The molecule has 1 aliphatic carbocycles. The minimum atomic E-state index is -4.59. The van der Waals surface area contributed by atoms with Gasteiger partial charge in [0.2, 0.25) is 0 Å². The molecule has 1 saturated carbocycles. The summed E-state index contributed by atoms with van der Waals surface area (Å²) in [6.45, 7) is 1.10. The van der Waals surface area contributed by atoms with Crippen molar-refractivity contribution in [2.45, 2.75) is 43.8 Å². The lowest BCUT2D eigenvalue weighted by Crippen LogP contribution is -2.48. The molecule has 0 aromatic carbocycles. The van der Waals surface area contributed by atoms with Gasteiger partial charge in [0, 0.05) is 0 Å². The van der Waals surface area contributed by atoms with Crippen LogP contribution in [0.15, 0.2) is 0 Å². The fourth-order valence-corrected chi connectivity index (χ4v) is 3.66. The lowest BCUT2D eigenvalue weighted by atomic mass is 9.86. The van der Waals surface area contributed by atoms with Gasteiger partial charge in [-0.25, -0.2) is 9.68 Å². The Morgan fingerprint density at radius 2 is 1.60 bits per heavy atom. The van der Waals surface area contributed by atoms with Crippen LogP contribution in [0.25, 0.3) is 0 Å². The van der Waals surface area contributed by atoms with Crippen LogP contribution in [-0.4, -0.2) is 36.4 Å². The maximum absolute atomic E-state index is 12.1. The summed E-state index contributed by atoms with van der Waals surface area (Å²) in [5, 5.41) is 8.09. The Kier molecular flexibility index (Phi) is 4.93. The van der Waals surface area contributed by atoms with Gasteiger partial charge in [0.05, 0.1) is 0 Å². The Labute approximate surface area is 114 Å². The lowest BCUT2D eigenvalue weighted by Gasteiger charge is -2.32. The molecule has 0 atom stereocenters. The third-order valence-electron chi connectivity index (χ3n) is 3.14. The largest absolute Gasteiger partial charge is 0.566 e. The molecule has 10 heteroatoms. The predicted molar refractivity (Wildman–Crippen MR) is 62.1 cm³/mol. The molecule has 114 valence electrons. The molecule has 1 aliphatic rings. The van der Waals surface area contributed by atoms with Gasteiger partial charge in [0.25, 0.3) is 0 Å². The van der Waals surface area contributed by atoms with Gasteiger partial charge in [-0.3, -0.25) is 4.79 Å². The molecule has 1 fully saturated rings. The zero-order valence-corrected chi connectivity index (χ0v) is 11.5. The Morgan fingerprint density at radius 1 is 1.05 bits per heavy atom. The second kappa shape index (κ2) is 6.07. The molecule has 0 aliphatic heterocycles. The first-order valence-corrected chi connectivity index (χ1v) is 7.18. The zero-order valence-electron chi connectivity index (χ0n) is 10.7. The van der Waals surface area contributed by atoms with Crippen LogP contribution in [0.3, 0.4) is 0 Å². The second-order valence-electron chi connectivity index (χ2n) is 4.33. The summed E-state index contributed by atoms with van der Waals surface area (Å²) in [6.07, 6.45) is -1.95. The maximum atomic E-state index is 12.1. The predicted octanol–water partition coefficient (Wildman–Crippen LogP) is 1.37. The number of rotatable bonds is 3. The van der Waals surface area contributed by atoms with Crippen LogP contribution in [0.5, 0.6) is 0 Å². The van der Waals surface area contributed by atoms with E-state index in [1.807, 2.05) is 0 Å². The number of carboxylic acid groups (broad SMARTS) is 1. The highest BCUT2D eigenvalue weighted by atomic mass is 32.2. The standard InChI is InChI=1S/C10H14O9S/c1-7(11)10(5-3-2-4-6-10)20(15,16)19-9(14)18-17-8(12)13/h2-6H2,1H3,(H,12,13). The Morgan fingerprint density at radius 3 is 2.05 bits per heavy atom. The van der Waals surface area contributed by atoms with E-state index in [9.17, 15) is 22.8 Å².